The Morgan fingerprint density at radius 3 is 2.00 bits per heavy atom. The highest BCUT2D eigenvalue weighted by molar-refractivity contribution is 5.72. The molecule has 4 aromatic rings. The number of aromatic amines is 1. The molecule has 1 N–H and O–H groups in total. The van der Waals surface area contributed by atoms with Gasteiger partial charge in [-0.2, -0.15) is 0 Å². The zero-order chi connectivity index (χ0) is 16.2. The second-order valence-electron chi connectivity index (χ2n) is 5.45. The smallest absolute Gasteiger partial charge is 0.152 e. The van der Waals surface area contributed by atoms with Crippen molar-refractivity contribution in [3.05, 3.63) is 84.3 Å². The van der Waals surface area contributed by atoms with E-state index >= 15 is 0 Å². The molecule has 0 spiro atoms. The van der Waals surface area contributed by atoms with Crippen LogP contribution in [0.1, 0.15) is 11.1 Å². The van der Waals surface area contributed by atoms with Crippen LogP contribution in [0.3, 0.4) is 0 Å². The molecule has 24 heavy (non-hydrogen) atoms. The summed E-state index contributed by atoms with van der Waals surface area (Å²) in [5.41, 5.74) is 6.33. The lowest BCUT2D eigenvalue weighted by molar-refractivity contribution is 0.393. The number of rotatable bonds is 4. The third-order valence-corrected chi connectivity index (χ3v) is 3.85. The van der Waals surface area contributed by atoms with Gasteiger partial charge in [0.15, 0.2) is 6.26 Å². The normalized spacial score (nSPS) is 11.2. The van der Waals surface area contributed by atoms with E-state index in [1.165, 1.54) is 11.8 Å². The fourth-order valence-corrected chi connectivity index (χ4v) is 2.53. The maximum atomic E-state index is 4.76. The molecule has 0 aliphatic rings. The Balaban J connectivity index is 1.48. The van der Waals surface area contributed by atoms with Crippen LogP contribution >= 0.6 is 0 Å². The van der Waals surface area contributed by atoms with Crippen molar-refractivity contribution in [1.29, 1.82) is 0 Å². The molecular formula is C20H15N3O. The number of hydrogen-bond donors (Lipinski definition) is 1. The molecule has 0 unspecified atom stereocenters. The highest BCUT2D eigenvalue weighted by atomic mass is 16.5. The fraction of sp³-hybridized carbons (Fsp3) is 0. The van der Waals surface area contributed by atoms with Gasteiger partial charge in [-0.3, -0.25) is 0 Å². The van der Waals surface area contributed by atoms with E-state index < -0.39 is 0 Å². The molecule has 0 radical (unpaired) electrons. The summed E-state index contributed by atoms with van der Waals surface area (Å²) in [6, 6.07) is 20.6. The van der Waals surface area contributed by atoms with Crippen LogP contribution in [0.25, 0.3) is 34.7 Å². The second-order valence-corrected chi connectivity index (χ2v) is 5.45. The SMILES string of the molecule is C(=Cc1ccc(-c2ccc[nH]2)cc1)c1ccc(-c2conn2)cc1. The molecule has 0 saturated carbocycles. The second kappa shape index (κ2) is 6.38. The van der Waals surface area contributed by atoms with Crippen LogP contribution in [-0.4, -0.2) is 15.4 Å². The predicted molar refractivity (Wildman–Crippen MR) is 94.9 cm³/mol. The zero-order valence-electron chi connectivity index (χ0n) is 12.9. The minimum atomic E-state index is 0.741. The molecule has 2 aromatic heterocycles. The summed E-state index contributed by atoms with van der Waals surface area (Å²) in [5, 5.41) is 7.38. The first-order valence-electron chi connectivity index (χ1n) is 7.68. The van der Waals surface area contributed by atoms with Crippen molar-refractivity contribution < 1.29 is 4.52 Å². The number of nitrogens with one attached hydrogen (secondary N) is 1. The average Bonchev–Trinajstić information content (AvgIpc) is 3.34. The van der Waals surface area contributed by atoms with E-state index in [0.29, 0.717) is 0 Å². The quantitative estimate of drug-likeness (QED) is 0.545. The minimum absolute atomic E-state index is 0.741. The Morgan fingerprint density at radius 1 is 0.792 bits per heavy atom. The molecule has 0 aliphatic heterocycles. The summed E-state index contributed by atoms with van der Waals surface area (Å²) < 4.78 is 4.76. The van der Waals surface area contributed by atoms with Crippen LogP contribution in [0, 0.1) is 0 Å². The molecule has 4 rings (SSSR count). The lowest BCUT2D eigenvalue weighted by atomic mass is 10.1. The molecule has 2 heterocycles. The summed E-state index contributed by atoms with van der Waals surface area (Å²) in [7, 11) is 0. The van der Waals surface area contributed by atoms with E-state index in [9.17, 15) is 0 Å². The number of nitrogens with zero attached hydrogens (tertiary/aromatic N) is 2. The van der Waals surface area contributed by atoms with E-state index in [1.54, 1.807) is 0 Å². The largest absolute Gasteiger partial charge is 0.361 e. The van der Waals surface area contributed by atoms with Crippen molar-refractivity contribution in [2.45, 2.75) is 0 Å². The standard InChI is InChI=1S/C20H15N3O/c1-2-19(21-13-1)17-9-5-15(6-10-17)3-4-16-7-11-18(12-8-16)20-14-24-23-22-20/h1-14,21H. The summed E-state index contributed by atoms with van der Waals surface area (Å²) in [5.74, 6) is 0. The van der Waals surface area contributed by atoms with Crippen molar-refractivity contribution >= 4 is 12.2 Å². The molecular weight excluding hydrogens is 298 g/mol. The van der Waals surface area contributed by atoms with Gasteiger partial charge in [0.25, 0.3) is 0 Å². The van der Waals surface area contributed by atoms with Gasteiger partial charge in [-0.15, -0.1) is 5.10 Å². The van der Waals surface area contributed by atoms with Crippen LogP contribution in [-0.2, 0) is 0 Å². The van der Waals surface area contributed by atoms with Gasteiger partial charge in [0.05, 0.1) is 0 Å². The summed E-state index contributed by atoms with van der Waals surface area (Å²) in [4.78, 5) is 3.21. The minimum Gasteiger partial charge on any atom is -0.361 e. The average molecular weight is 313 g/mol. The van der Waals surface area contributed by atoms with Crippen molar-refractivity contribution in [3.8, 4) is 22.5 Å². The van der Waals surface area contributed by atoms with Gasteiger partial charge >= 0.3 is 0 Å². The first kappa shape index (κ1) is 14.2. The van der Waals surface area contributed by atoms with Crippen molar-refractivity contribution in [3.63, 3.8) is 0 Å². The Bertz CT molecular complexity index is 840. The highest BCUT2D eigenvalue weighted by Gasteiger charge is 2.01. The molecule has 4 nitrogen and oxygen atoms in total. The van der Waals surface area contributed by atoms with Crippen LogP contribution in [0.4, 0.5) is 0 Å². The number of aromatic nitrogens is 3. The number of hydrogen-bond acceptors (Lipinski definition) is 3. The molecule has 0 atom stereocenters. The van der Waals surface area contributed by atoms with Gasteiger partial charge in [0.2, 0.25) is 0 Å². The van der Waals surface area contributed by atoms with E-state index in [0.717, 1.165) is 28.1 Å². The van der Waals surface area contributed by atoms with E-state index in [1.807, 2.05) is 36.5 Å². The maximum absolute atomic E-state index is 4.76. The highest BCUT2D eigenvalue weighted by Crippen LogP contribution is 2.20. The first-order chi connectivity index (χ1) is 11.9. The van der Waals surface area contributed by atoms with Crippen LogP contribution < -0.4 is 0 Å². The topological polar surface area (TPSA) is 54.7 Å². The number of benzene rings is 2. The molecule has 116 valence electrons. The molecule has 4 heteroatoms. The number of H-pyrrole nitrogens is 1. The molecule has 0 aliphatic carbocycles. The van der Waals surface area contributed by atoms with Crippen molar-refractivity contribution in [2.24, 2.45) is 0 Å². The lowest BCUT2D eigenvalue weighted by Gasteiger charge is -2.00. The van der Waals surface area contributed by atoms with Gasteiger partial charge < -0.3 is 9.51 Å². The van der Waals surface area contributed by atoms with E-state index in [4.69, 9.17) is 4.52 Å². The van der Waals surface area contributed by atoms with Gasteiger partial charge in [0, 0.05) is 22.7 Å². The maximum Gasteiger partial charge on any atom is 0.152 e. The van der Waals surface area contributed by atoms with Crippen LogP contribution in [0.15, 0.2) is 77.6 Å². The Morgan fingerprint density at radius 2 is 1.46 bits per heavy atom. The summed E-state index contributed by atoms with van der Waals surface area (Å²) in [6.45, 7) is 0. The van der Waals surface area contributed by atoms with Crippen molar-refractivity contribution in [2.75, 3.05) is 0 Å². The molecule has 0 bridgehead atoms. The van der Waals surface area contributed by atoms with Crippen LogP contribution in [0.2, 0.25) is 0 Å². The van der Waals surface area contributed by atoms with E-state index in [-0.39, 0.29) is 0 Å². The molecule has 2 aromatic carbocycles. The monoisotopic (exact) mass is 313 g/mol. The van der Waals surface area contributed by atoms with E-state index in [2.05, 4.69) is 57.8 Å². The Kier molecular flexibility index (Phi) is 3.78. The summed E-state index contributed by atoms with van der Waals surface area (Å²) >= 11 is 0. The zero-order valence-corrected chi connectivity index (χ0v) is 12.9. The van der Waals surface area contributed by atoms with Crippen molar-refractivity contribution in [1.82, 2.24) is 15.4 Å². The molecule has 0 fully saturated rings. The fourth-order valence-electron chi connectivity index (χ4n) is 2.53. The third-order valence-electron chi connectivity index (χ3n) is 3.85. The Labute approximate surface area is 139 Å². The Hall–Kier alpha value is -3.40. The molecule has 0 saturated heterocycles. The first-order valence-corrected chi connectivity index (χ1v) is 7.68. The lowest BCUT2D eigenvalue weighted by Crippen LogP contribution is -1.79. The molecule has 0 amide bonds. The van der Waals surface area contributed by atoms with Gasteiger partial charge in [0.1, 0.15) is 5.69 Å². The predicted octanol–water partition coefficient (Wildman–Crippen LogP) is 4.90. The van der Waals surface area contributed by atoms with Gasteiger partial charge in [-0.05, 0) is 28.8 Å². The summed E-state index contributed by atoms with van der Waals surface area (Å²) in [6.07, 6.45) is 7.66. The van der Waals surface area contributed by atoms with Gasteiger partial charge in [-0.1, -0.05) is 60.7 Å². The van der Waals surface area contributed by atoms with Crippen LogP contribution in [0.5, 0.6) is 0 Å². The third kappa shape index (κ3) is 3.03. The van der Waals surface area contributed by atoms with Gasteiger partial charge in [-0.25, -0.2) is 0 Å².